The van der Waals surface area contributed by atoms with Gasteiger partial charge in [0.1, 0.15) is 0 Å². The topological polar surface area (TPSA) is 56.8 Å². The SMILES string of the molecule is COc1cc(C)cc(OC)c1OCC(=O)NC(c1ccccc1)c1ccccc1. The summed E-state index contributed by atoms with van der Waals surface area (Å²) in [6, 6.07) is 23.1. The number of methoxy groups -OCH3 is 2. The van der Waals surface area contributed by atoms with Crippen LogP contribution < -0.4 is 19.5 Å². The van der Waals surface area contributed by atoms with Gasteiger partial charge in [0, 0.05) is 0 Å². The van der Waals surface area contributed by atoms with Crippen LogP contribution in [0.2, 0.25) is 0 Å². The van der Waals surface area contributed by atoms with Crippen LogP contribution >= 0.6 is 0 Å². The summed E-state index contributed by atoms with van der Waals surface area (Å²) in [6.45, 7) is 1.78. The van der Waals surface area contributed by atoms with Crippen LogP contribution in [0.4, 0.5) is 0 Å². The molecular formula is C24H25NO4. The Hall–Kier alpha value is -3.47. The summed E-state index contributed by atoms with van der Waals surface area (Å²) >= 11 is 0. The number of ether oxygens (including phenoxy) is 3. The molecule has 0 fully saturated rings. The molecule has 0 unspecified atom stereocenters. The molecule has 0 atom stereocenters. The monoisotopic (exact) mass is 391 g/mol. The molecular weight excluding hydrogens is 366 g/mol. The van der Waals surface area contributed by atoms with E-state index in [1.807, 2.05) is 79.7 Å². The highest BCUT2D eigenvalue weighted by Gasteiger charge is 2.19. The van der Waals surface area contributed by atoms with Gasteiger partial charge in [0.05, 0.1) is 20.3 Å². The van der Waals surface area contributed by atoms with Crippen molar-refractivity contribution in [3.8, 4) is 17.2 Å². The van der Waals surface area contributed by atoms with E-state index in [4.69, 9.17) is 14.2 Å². The molecule has 150 valence electrons. The van der Waals surface area contributed by atoms with Gasteiger partial charge in [0.15, 0.2) is 18.1 Å². The van der Waals surface area contributed by atoms with Gasteiger partial charge in [-0.25, -0.2) is 0 Å². The molecule has 0 aliphatic heterocycles. The standard InChI is InChI=1S/C24H25NO4/c1-17-14-20(27-2)24(21(15-17)28-3)29-16-22(26)25-23(18-10-6-4-7-11-18)19-12-8-5-9-13-19/h4-15,23H,16H2,1-3H3,(H,25,26). The van der Waals surface area contributed by atoms with Crippen molar-refractivity contribution in [1.82, 2.24) is 5.32 Å². The summed E-state index contributed by atoms with van der Waals surface area (Å²) in [6.07, 6.45) is 0. The summed E-state index contributed by atoms with van der Waals surface area (Å²) in [7, 11) is 3.12. The van der Waals surface area contributed by atoms with Crippen molar-refractivity contribution >= 4 is 5.91 Å². The van der Waals surface area contributed by atoms with Gasteiger partial charge in [-0.2, -0.15) is 0 Å². The molecule has 0 aliphatic rings. The van der Waals surface area contributed by atoms with E-state index in [2.05, 4.69) is 5.32 Å². The average Bonchev–Trinajstić information content (AvgIpc) is 2.77. The third kappa shape index (κ3) is 5.08. The summed E-state index contributed by atoms with van der Waals surface area (Å²) in [5.74, 6) is 1.22. The van der Waals surface area contributed by atoms with E-state index < -0.39 is 0 Å². The first kappa shape index (κ1) is 20.3. The molecule has 0 heterocycles. The molecule has 1 N–H and O–H groups in total. The van der Waals surface area contributed by atoms with Crippen LogP contribution in [0.1, 0.15) is 22.7 Å². The van der Waals surface area contributed by atoms with Crippen LogP contribution in [-0.4, -0.2) is 26.7 Å². The fraction of sp³-hybridized carbons (Fsp3) is 0.208. The van der Waals surface area contributed by atoms with Crippen molar-refractivity contribution in [3.63, 3.8) is 0 Å². The second kappa shape index (κ2) is 9.64. The Balaban J connectivity index is 1.77. The van der Waals surface area contributed by atoms with Crippen molar-refractivity contribution in [2.45, 2.75) is 13.0 Å². The van der Waals surface area contributed by atoms with E-state index >= 15 is 0 Å². The molecule has 3 aromatic carbocycles. The van der Waals surface area contributed by atoms with Crippen molar-refractivity contribution in [2.24, 2.45) is 0 Å². The van der Waals surface area contributed by atoms with Gasteiger partial charge >= 0.3 is 0 Å². The number of aryl methyl sites for hydroxylation is 1. The number of rotatable bonds is 8. The predicted octanol–water partition coefficient (Wildman–Crippen LogP) is 4.30. The lowest BCUT2D eigenvalue weighted by Crippen LogP contribution is -2.33. The molecule has 3 rings (SSSR count). The lowest BCUT2D eigenvalue weighted by Gasteiger charge is -2.20. The Morgan fingerprint density at radius 2 is 1.34 bits per heavy atom. The number of nitrogens with one attached hydrogen (secondary N) is 1. The van der Waals surface area contributed by atoms with Crippen molar-refractivity contribution in [1.29, 1.82) is 0 Å². The van der Waals surface area contributed by atoms with E-state index in [0.29, 0.717) is 17.2 Å². The van der Waals surface area contributed by atoms with Gasteiger partial charge in [-0.15, -0.1) is 0 Å². The number of carbonyl (C=O) groups is 1. The van der Waals surface area contributed by atoms with Crippen LogP contribution in [0.5, 0.6) is 17.2 Å². The Kier molecular flexibility index (Phi) is 6.74. The number of hydrogen-bond donors (Lipinski definition) is 1. The maximum Gasteiger partial charge on any atom is 0.258 e. The molecule has 5 heteroatoms. The normalized spacial score (nSPS) is 10.5. The van der Waals surface area contributed by atoms with E-state index in [1.54, 1.807) is 14.2 Å². The maximum absolute atomic E-state index is 12.7. The highest BCUT2D eigenvalue weighted by molar-refractivity contribution is 5.78. The van der Waals surface area contributed by atoms with E-state index in [1.165, 1.54) is 0 Å². The molecule has 1 amide bonds. The summed E-state index contributed by atoms with van der Waals surface area (Å²) in [4.78, 5) is 12.7. The minimum atomic E-state index is -0.268. The zero-order valence-electron chi connectivity index (χ0n) is 16.8. The summed E-state index contributed by atoms with van der Waals surface area (Å²) < 4.78 is 16.5. The lowest BCUT2D eigenvalue weighted by molar-refractivity contribution is -0.123. The first-order valence-electron chi connectivity index (χ1n) is 9.37. The first-order chi connectivity index (χ1) is 14.1. The van der Waals surface area contributed by atoms with Gasteiger partial charge in [-0.1, -0.05) is 60.7 Å². The molecule has 3 aromatic rings. The first-order valence-corrected chi connectivity index (χ1v) is 9.37. The molecule has 0 aliphatic carbocycles. The zero-order valence-corrected chi connectivity index (χ0v) is 16.8. The number of carbonyl (C=O) groups excluding carboxylic acids is 1. The Labute approximate surface area is 171 Å². The van der Waals surface area contributed by atoms with Crippen molar-refractivity contribution in [3.05, 3.63) is 89.5 Å². The van der Waals surface area contributed by atoms with Gasteiger partial charge < -0.3 is 19.5 Å². The van der Waals surface area contributed by atoms with Crippen molar-refractivity contribution in [2.75, 3.05) is 20.8 Å². The predicted molar refractivity (Wildman–Crippen MR) is 113 cm³/mol. The third-order valence-electron chi connectivity index (χ3n) is 4.52. The average molecular weight is 391 g/mol. The highest BCUT2D eigenvalue weighted by Crippen LogP contribution is 2.38. The van der Waals surface area contributed by atoms with Crippen LogP contribution in [-0.2, 0) is 4.79 Å². The van der Waals surface area contributed by atoms with Crippen molar-refractivity contribution < 1.29 is 19.0 Å². The fourth-order valence-corrected chi connectivity index (χ4v) is 3.14. The molecule has 0 radical (unpaired) electrons. The van der Waals surface area contributed by atoms with Crippen LogP contribution in [0, 0.1) is 6.92 Å². The second-order valence-electron chi connectivity index (χ2n) is 6.61. The Morgan fingerprint density at radius 1 is 0.862 bits per heavy atom. The number of benzene rings is 3. The maximum atomic E-state index is 12.7. The largest absolute Gasteiger partial charge is 0.493 e. The summed E-state index contributed by atoms with van der Waals surface area (Å²) in [5.41, 5.74) is 2.97. The molecule has 0 saturated carbocycles. The molecule has 0 aromatic heterocycles. The van der Waals surface area contributed by atoms with E-state index in [9.17, 15) is 4.79 Å². The second-order valence-corrected chi connectivity index (χ2v) is 6.61. The molecule has 0 bridgehead atoms. The third-order valence-corrected chi connectivity index (χ3v) is 4.52. The highest BCUT2D eigenvalue weighted by atomic mass is 16.5. The smallest absolute Gasteiger partial charge is 0.258 e. The Morgan fingerprint density at radius 3 is 1.79 bits per heavy atom. The van der Waals surface area contributed by atoms with Gasteiger partial charge in [-0.3, -0.25) is 4.79 Å². The van der Waals surface area contributed by atoms with E-state index in [0.717, 1.165) is 16.7 Å². The Bertz CT molecular complexity index is 877. The molecule has 0 saturated heterocycles. The van der Waals surface area contributed by atoms with Crippen LogP contribution in [0.3, 0.4) is 0 Å². The number of hydrogen-bond acceptors (Lipinski definition) is 4. The van der Waals surface area contributed by atoms with Gasteiger partial charge in [0.25, 0.3) is 5.91 Å². The minimum absolute atomic E-state index is 0.161. The van der Waals surface area contributed by atoms with Crippen LogP contribution in [0.15, 0.2) is 72.8 Å². The zero-order chi connectivity index (χ0) is 20.6. The number of amides is 1. The van der Waals surface area contributed by atoms with Gasteiger partial charge in [0.2, 0.25) is 5.75 Å². The minimum Gasteiger partial charge on any atom is -0.493 e. The lowest BCUT2D eigenvalue weighted by atomic mass is 9.99. The quantitative estimate of drug-likeness (QED) is 0.622. The fourth-order valence-electron chi connectivity index (χ4n) is 3.14. The summed E-state index contributed by atoms with van der Waals surface area (Å²) in [5, 5.41) is 3.06. The van der Waals surface area contributed by atoms with Crippen LogP contribution in [0.25, 0.3) is 0 Å². The molecule has 5 nitrogen and oxygen atoms in total. The molecule has 29 heavy (non-hydrogen) atoms. The molecule has 0 spiro atoms. The van der Waals surface area contributed by atoms with E-state index in [-0.39, 0.29) is 18.6 Å². The van der Waals surface area contributed by atoms with Gasteiger partial charge in [-0.05, 0) is 35.7 Å².